The molecule has 0 unspecified atom stereocenters. The van der Waals surface area contributed by atoms with Crippen LogP contribution in [0.25, 0.3) is 0 Å². The van der Waals surface area contributed by atoms with Crippen LogP contribution in [0.3, 0.4) is 0 Å². The first kappa shape index (κ1) is 14.1. The summed E-state index contributed by atoms with van der Waals surface area (Å²) in [6.45, 7) is 2.20. The number of anilines is 1. The van der Waals surface area contributed by atoms with Crippen molar-refractivity contribution in [3.8, 4) is 0 Å². The molecule has 0 aromatic carbocycles. The molecule has 0 atom stereocenters. The molecule has 2 aromatic rings. The van der Waals surface area contributed by atoms with Crippen molar-refractivity contribution in [1.29, 1.82) is 0 Å². The van der Waals surface area contributed by atoms with Crippen LogP contribution in [0.15, 0.2) is 30.6 Å². The van der Waals surface area contributed by atoms with E-state index in [1.165, 1.54) is 18.5 Å². The lowest BCUT2D eigenvalue weighted by Gasteiger charge is -1.98. The SMILES string of the molecule is CCCc1cccn1C.Cn1cc(N)cc1C=O. The van der Waals surface area contributed by atoms with Gasteiger partial charge in [-0.3, -0.25) is 4.79 Å². The average Bonchev–Trinajstić information content (AvgIpc) is 2.87. The van der Waals surface area contributed by atoms with E-state index in [1.54, 1.807) is 23.9 Å². The minimum Gasteiger partial charge on any atom is -0.397 e. The number of nitrogen functional groups attached to an aromatic ring is 1. The highest BCUT2D eigenvalue weighted by molar-refractivity contribution is 5.74. The topological polar surface area (TPSA) is 52.9 Å². The number of nitrogens with zero attached hydrogens (tertiary/aromatic N) is 2. The Morgan fingerprint density at radius 1 is 1.33 bits per heavy atom. The van der Waals surface area contributed by atoms with Gasteiger partial charge in [0.25, 0.3) is 0 Å². The maximum Gasteiger partial charge on any atom is 0.166 e. The Hall–Kier alpha value is -1.97. The van der Waals surface area contributed by atoms with Crippen LogP contribution in [0.1, 0.15) is 29.5 Å². The van der Waals surface area contributed by atoms with Crippen LogP contribution < -0.4 is 5.73 Å². The molecule has 98 valence electrons. The highest BCUT2D eigenvalue weighted by atomic mass is 16.1. The van der Waals surface area contributed by atoms with Crippen molar-refractivity contribution in [3.63, 3.8) is 0 Å². The van der Waals surface area contributed by atoms with Crippen molar-refractivity contribution in [2.24, 2.45) is 14.1 Å². The Morgan fingerprint density at radius 3 is 2.39 bits per heavy atom. The van der Waals surface area contributed by atoms with E-state index < -0.39 is 0 Å². The second-order valence-electron chi connectivity index (χ2n) is 4.29. The van der Waals surface area contributed by atoms with Crippen molar-refractivity contribution in [2.75, 3.05) is 5.73 Å². The predicted octanol–water partition coefficient (Wildman–Crippen LogP) is 2.40. The maximum atomic E-state index is 10.2. The third-order valence-corrected chi connectivity index (χ3v) is 2.74. The van der Waals surface area contributed by atoms with Gasteiger partial charge >= 0.3 is 0 Å². The highest BCUT2D eigenvalue weighted by Crippen LogP contribution is 2.05. The Balaban J connectivity index is 0.000000180. The first-order valence-electron chi connectivity index (χ1n) is 6.05. The van der Waals surface area contributed by atoms with E-state index in [-0.39, 0.29) is 0 Å². The van der Waals surface area contributed by atoms with Crippen LogP contribution in [-0.4, -0.2) is 15.4 Å². The second kappa shape index (κ2) is 6.69. The lowest BCUT2D eigenvalue weighted by Crippen LogP contribution is -1.92. The smallest absolute Gasteiger partial charge is 0.166 e. The molecular weight excluding hydrogens is 226 g/mol. The van der Waals surface area contributed by atoms with E-state index in [0.29, 0.717) is 11.4 Å². The Kier molecular flexibility index (Phi) is 5.24. The number of aromatic nitrogens is 2. The van der Waals surface area contributed by atoms with Gasteiger partial charge < -0.3 is 14.9 Å². The molecule has 0 amide bonds. The Bertz CT molecular complexity index is 497. The van der Waals surface area contributed by atoms with Gasteiger partial charge in [0.05, 0.1) is 11.4 Å². The van der Waals surface area contributed by atoms with Gasteiger partial charge in [-0.25, -0.2) is 0 Å². The number of carbonyl (C=O) groups is 1. The third kappa shape index (κ3) is 3.80. The number of aryl methyl sites for hydroxylation is 3. The van der Waals surface area contributed by atoms with Crippen molar-refractivity contribution >= 4 is 12.0 Å². The largest absolute Gasteiger partial charge is 0.397 e. The number of rotatable bonds is 3. The monoisotopic (exact) mass is 247 g/mol. The standard InChI is InChI=1S/C8H13N.C6H8N2O/c1-3-5-8-6-4-7-9(8)2;1-8-3-5(7)2-6(8)4-9/h4,6-7H,3,5H2,1-2H3;2-4H,7H2,1H3. The number of aldehydes is 1. The minimum atomic E-state index is 0.604. The van der Waals surface area contributed by atoms with Crippen molar-refractivity contribution in [2.45, 2.75) is 19.8 Å². The van der Waals surface area contributed by atoms with E-state index in [1.807, 2.05) is 0 Å². The summed E-state index contributed by atoms with van der Waals surface area (Å²) in [5.74, 6) is 0. The van der Waals surface area contributed by atoms with Gasteiger partial charge in [0.2, 0.25) is 0 Å². The van der Waals surface area contributed by atoms with Crippen LogP contribution in [0.4, 0.5) is 5.69 Å². The van der Waals surface area contributed by atoms with Crippen LogP contribution in [0.2, 0.25) is 0 Å². The molecule has 2 rings (SSSR count). The summed E-state index contributed by atoms with van der Waals surface area (Å²) < 4.78 is 3.85. The fourth-order valence-corrected chi connectivity index (χ4v) is 1.74. The summed E-state index contributed by atoms with van der Waals surface area (Å²) in [5, 5.41) is 0. The van der Waals surface area contributed by atoms with Crippen LogP contribution >= 0.6 is 0 Å². The quantitative estimate of drug-likeness (QED) is 0.847. The van der Waals surface area contributed by atoms with E-state index >= 15 is 0 Å². The third-order valence-electron chi connectivity index (χ3n) is 2.74. The predicted molar refractivity (Wildman–Crippen MR) is 74.6 cm³/mol. The number of hydrogen-bond acceptors (Lipinski definition) is 2. The fourth-order valence-electron chi connectivity index (χ4n) is 1.74. The summed E-state index contributed by atoms with van der Waals surface area (Å²) >= 11 is 0. The molecule has 0 aliphatic rings. The molecule has 2 heterocycles. The average molecular weight is 247 g/mol. The molecule has 0 saturated heterocycles. The van der Waals surface area contributed by atoms with Gasteiger partial charge in [-0.2, -0.15) is 0 Å². The van der Waals surface area contributed by atoms with E-state index in [2.05, 4.69) is 36.9 Å². The van der Waals surface area contributed by atoms with Crippen LogP contribution in [-0.2, 0) is 20.5 Å². The van der Waals surface area contributed by atoms with Crippen molar-refractivity contribution in [3.05, 3.63) is 42.0 Å². The first-order chi connectivity index (χ1) is 8.58. The molecule has 4 heteroatoms. The number of hydrogen-bond donors (Lipinski definition) is 1. The van der Waals surface area contributed by atoms with Crippen LogP contribution in [0, 0.1) is 0 Å². The second-order valence-corrected chi connectivity index (χ2v) is 4.29. The molecule has 2 aromatic heterocycles. The zero-order chi connectivity index (χ0) is 13.5. The van der Waals surface area contributed by atoms with Crippen LogP contribution in [0.5, 0.6) is 0 Å². The molecule has 0 bridgehead atoms. The molecule has 0 aliphatic heterocycles. The molecule has 2 N–H and O–H groups in total. The Morgan fingerprint density at radius 2 is 2.06 bits per heavy atom. The molecule has 0 radical (unpaired) electrons. The summed E-state index contributed by atoms with van der Waals surface area (Å²) in [6, 6.07) is 5.89. The molecule has 4 nitrogen and oxygen atoms in total. The molecular formula is C14H21N3O. The zero-order valence-electron chi connectivity index (χ0n) is 11.3. The summed E-state index contributed by atoms with van der Waals surface area (Å²) in [6.07, 6.45) is 6.99. The summed E-state index contributed by atoms with van der Waals surface area (Å²) in [7, 11) is 3.87. The molecule has 18 heavy (non-hydrogen) atoms. The molecule has 0 aliphatic carbocycles. The lowest BCUT2D eigenvalue weighted by molar-refractivity contribution is 0.111. The van der Waals surface area contributed by atoms with Gasteiger partial charge in [0, 0.05) is 32.2 Å². The fraction of sp³-hybridized carbons (Fsp3) is 0.357. The van der Waals surface area contributed by atoms with Gasteiger partial charge in [-0.15, -0.1) is 0 Å². The normalized spacial score (nSPS) is 9.72. The number of nitrogens with two attached hydrogens (primary N) is 1. The lowest BCUT2D eigenvalue weighted by atomic mass is 10.2. The van der Waals surface area contributed by atoms with Crippen molar-refractivity contribution in [1.82, 2.24) is 9.13 Å². The van der Waals surface area contributed by atoms with Gasteiger partial charge in [-0.05, 0) is 24.6 Å². The van der Waals surface area contributed by atoms with Gasteiger partial charge in [-0.1, -0.05) is 13.3 Å². The Labute approximate surface area is 108 Å². The number of carbonyl (C=O) groups excluding carboxylic acids is 1. The molecule has 0 fully saturated rings. The minimum absolute atomic E-state index is 0.604. The summed E-state index contributed by atoms with van der Waals surface area (Å²) in [4.78, 5) is 10.2. The van der Waals surface area contributed by atoms with E-state index in [9.17, 15) is 4.79 Å². The molecule has 0 saturated carbocycles. The summed E-state index contributed by atoms with van der Waals surface area (Å²) in [5.41, 5.74) is 8.03. The van der Waals surface area contributed by atoms with E-state index in [4.69, 9.17) is 5.73 Å². The first-order valence-corrected chi connectivity index (χ1v) is 6.05. The highest BCUT2D eigenvalue weighted by Gasteiger charge is 1.95. The maximum absolute atomic E-state index is 10.2. The zero-order valence-corrected chi connectivity index (χ0v) is 11.3. The van der Waals surface area contributed by atoms with Crippen molar-refractivity contribution < 1.29 is 4.79 Å². The van der Waals surface area contributed by atoms with Gasteiger partial charge in [0.15, 0.2) is 6.29 Å². The molecule has 0 spiro atoms. The van der Waals surface area contributed by atoms with E-state index in [0.717, 1.165) is 6.29 Å². The van der Waals surface area contributed by atoms with Gasteiger partial charge in [0.1, 0.15) is 0 Å².